The maximum atomic E-state index is 12.3. The molecule has 1 aliphatic heterocycles. The number of ether oxygens (including phenoxy) is 1. The SMILES string of the molecule is CC1CCCN(C(=O)CCNc2ccc(OCc3ccc(Cl)cc3)cc2)C1. The zero-order valence-electron chi connectivity index (χ0n) is 15.8. The molecular formula is C22H27ClN2O2. The van der Waals surface area contributed by atoms with Gasteiger partial charge in [-0.15, -0.1) is 0 Å². The summed E-state index contributed by atoms with van der Waals surface area (Å²) < 4.78 is 5.79. The third-order valence-corrected chi connectivity index (χ3v) is 5.10. The van der Waals surface area contributed by atoms with Crippen molar-refractivity contribution in [2.45, 2.75) is 32.8 Å². The molecule has 1 N–H and O–H groups in total. The van der Waals surface area contributed by atoms with Crippen LogP contribution in [0.1, 0.15) is 31.7 Å². The molecule has 0 spiro atoms. The van der Waals surface area contributed by atoms with Gasteiger partial charge in [-0.3, -0.25) is 4.79 Å². The molecule has 1 saturated heterocycles. The summed E-state index contributed by atoms with van der Waals surface area (Å²) in [5.74, 6) is 1.68. The summed E-state index contributed by atoms with van der Waals surface area (Å²) in [4.78, 5) is 14.3. The van der Waals surface area contributed by atoms with Gasteiger partial charge in [-0.1, -0.05) is 30.7 Å². The quantitative estimate of drug-likeness (QED) is 0.729. The van der Waals surface area contributed by atoms with Gasteiger partial charge in [0.25, 0.3) is 0 Å². The number of halogens is 1. The average Bonchev–Trinajstić information content (AvgIpc) is 2.68. The number of piperidine rings is 1. The number of nitrogens with one attached hydrogen (secondary N) is 1. The maximum absolute atomic E-state index is 12.3. The number of benzene rings is 2. The van der Waals surface area contributed by atoms with Crippen molar-refractivity contribution in [3.8, 4) is 5.75 Å². The van der Waals surface area contributed by atoms with Gasteiger partial charge < -0.3 is 15.0 Å². The Kier molecular flexibility index (Phi) is 6.99. The molecule has 0 radical (unpaired) electrons. The van der Waals surface area contributed by atoms with E-state index >= 15 is 0 Å². The molecule has 1 atom stereocenters. The van der Waals surface area contributed by atoms with Crippen LogP contribution in [0.5, 0.6) is 5.75 Å². The lowest BCUT2D eigenvalue weighted by molar-refractivity contribution is -0.132. The monoisotopic (exact) mass is 386 g/mol. The van der Waals surface area contributed by atoms with E-state index in [9.17, 15) is 4.79 Å². The third kappa shape index (κ3) is 6.17. The van der Waals surface area contributed by atoms with Crippen molar-refractivity contribution in [3.05, 3.63) is 59.1 Å². The van der Waals surface area contributed by atoms with Crippen LogP contribution in [0, 0.1) is 5.92 Å². The maximum Gasteiger partial charge on any atom is 0.224 e. The molecule has 1 heterocycles. The van der Waals surface area contributed by atoms with Crippen molar-refractivity contribution in [3.63, 3.8) is 0 Å². The van der Waals surface area contributed by atoms with Crippen LogP contribution in [0.15, 0.2) is 48.5 Å². The highest BCUT2D eigenvalue weighted by Crippen LogP contribution is 2.19. The number of carbonyl (C=O) groups excluding carboxylic acids is 1. The number of hydrogen-bond acceptors (Lipinski definition) is 3. The predicted molar refractivity (Wildman–Crippen MR) is 110 cm³/mol. The van der Waals surface area contributed by atoms with E-state index < -0.39 is 0 Å². The van der Waals surface area contributed by atoms with Gasteiger partial charge in [0, 0.05) is 36.8 Å². The van der Waals surface area contributed by atoms with Gasteiger partial charge in [-0.05, 0) is 60.7 Å². The molecule has 2 aromatic carbocycles. The summed E-state index contributed by atoms with van der Waals surface area (Å²) in [6.45, 7) is 5.18. The van der Waals surface area contributed by atoms with Gasteiger partial charge in [0.15, 0.2) is 0 Å². The highest BCUT2D eigenvalue weighted by Gasteiger charge is 2.20. The highest BCUT2D eigenvalue weighted by atomic mass is 35.5. The minimum absolute atomic E-state index is 0.247. The van der Waals surface area contributed by atoms with Crippen molar-refractivity contribution < 1.29 is 9.53 Å². The molecule has 0 bridgehead atoms. The van der Waals surface area contributed by atoms with Crippen LogP contribution in [0.3, 0.4) is 0 Å². The number of nitrogens with zero attached hydrogens (tertiary/aromatic N) is 1. The lowest BCUT2D eigenvalue weighted by atomic mass is 10.00. The molecule has 2 aromatic rings. The van der Waals surface area contributed by atoms with E-state index in [1.54, 1.807) is 0 Å². The summed E-state index contributed by atoms with van der Waals surface area (Å²) in [6, 6.07) is 15.5. The van der Waals surface area contributed by atoms with Crippen molar-refractivity contribution in [1.29, 1.82) is 0 Å². The Labute approximate surface area is 166 Å². The number of rotatable bonds is 7. The topological polar surface area (TPSA) is 41.6 Å². The molecule has 1 unspecified atom stereocenters. The Balaban J connectivity index is 1.39. The molecule has 0 aromatic heterocycles. The first-order chi connectivity index (χ1) is 13.1. The summed E-state index contributed by atoms with van der Waals surface area (Å²) in [5, 5.41) is 4.04. The fraction of sp³-hybridized carbons (Fsp3) is 0.409. The van der Waals surface area contributed by atoms with Crippen LogP contribution >= 0.6 is 11.6 Å². The minimum atomic E-state index is 0.247. The third-order valence-electron chi connectivity index (χ3n) is 4.85. The number of hydrogen-bond donors (Lipinski definition) is 1. The molecule has 0 aliphatic carbocycles. The molecule has 1 amide bonds. The van der Waals surface area contributed by atoms with Gasteiger partial charge in [0.05, 0.1) is 0 Å². The number of amides is 1. The fourth-order valence-corrected chi connectivity index (χ4v) is 3.43. The second-order valence-electron chi connectivity index (χ2n) is 7.20. The summed E-state index contributed by atoms with van der Waals surface area (Å²) in [6.07, 6.45) is 2.88. The van der Waals surface area contributed by atoms with Crippen LogP contribution in [0.4, 0.5) is 5.69 Å². The molecule has 1 fully saturated rings. The largest absolute Gasteiger partial charge is 0.489 e. The van der Waals surface area contributed by atoms with Crippen molar-refractivity contribution >= 4 is 23.2 Å². The van der Waals surface area contributed by atoms with E-state index in [0.717, 1.165) is 41.5 Å². The molecule has 144 valence electrons. The molecule has 1 aliphatic rings. The second kappa shape index (κ2) is 9.65. The highest BCUT2D eigenvalue weighted by molar-refractivity contribution is 6.30. The molecule has 3 rings (SSSR count). The molecule has 0 saturated carbocycles. The van der Waals surface area contributed by atoms with E-state index in [2.05, 4.69) is 12.2 Å². The lowest BCUT2D eigenvalue weighted by Gasteiger charge is -2.31. The van der Waals surface area contributed by atoms with E-state index in [1.165, 1.54) is 6.42 Å². The van der Waals surface area contributed by atoms with Crippen molar-refractivity contribution in [1.82, 2.24) is 4.90 Å². The van der Waals surface area contributed by atoms with Gasteiger partial charge in [0.2, 0.25) is 5.91 Å². The van der Waals surface area contributed by atoms with Crippen LogP contribution in [-0.4, -0.2) is 30.4 Å². The van der Waals surface area contributed by atoms with E-state index in [0.29, 0.717) is 25.5 Å². The summed E-state index contributed by atoms with van der Waals surface area (Å²) in [7, 11) is 0. The van der Waals surface area contributed by atoms with Crippen LogP contribution < -0.4 is 10.1 Å². The number of likely N-dealkylation sites (tertiary alicyclic amines) is 1. The first-order valence-corrected chi connectivity index (χ1v) is 9.97. The summed E-state index contributed by atoms with van der Waals surface area (Å²) >= 11 is 5.89. The van der Waals surface area contributed by atoms with Gasteiger partial charge in [-0.25, -0.2) is 0 Å². The normalized spacial score (nSPS) is 16.8. The zero-order valence-corrected chi connectivity index (χ0v) is 16.5. The van der Waals surface area contributed by atoms with Crippen molar-refractivity contribution in [2.24, 2.45) is 5.92 Å². The first-order valence-electron chi connectivity index (χ1n) is 9.59. The lowest BCUT2D eigenvalue weighted by Crippen LogP contribution is -2.39. The zero-order chi connectivity index (χ0) is 19.1. The smallest absolute Gasteiger partial charge is 0.224 e. The van der Waals surface area contributed by atoms with Crippen molar-refractivity contribution in [2.75, 3.05) is 25.0 Å². The Bertz CT molecular complexity index is 731. The Morgan fingerprint density at radius 2 is 1.93 bits per heavy atom. The van der Waals surface area contributed by atoms with Crippen LogP contribution in [0.25, 0.3) is 0 Å². The number of anilines is 1. The fourth-order valence-electron chi connectivity index (χ4n) is 3.30. The summed E-state index contributed by atoms with van der Waals surface area (Å²) in [5.41, 5.74) is 2.07. The first kappa shape index (κ1) is 19.6. The molecule has 5 heteroatoms. The second-order valence-corrected chi connectivity index (χ2v) is 7.64. The van der Waals surface area contributed by atoms with E-state index in [-0.39, 0.29) is 5.91 Å². The van der Waals surface area contributed by atoms with Gasteiger partial charge >= 0.3 is 0 Å². The minimum Gasteiger partial charge on any atom is -0.489 e. The molecular weight excluding hydrogens is 360 g/mol. The Hall–Kier alpha value is -2.20. The van der Waals surface area contributed by atoms with Gasteiger partial charge in [0.1, 0.15) is 12.4 Å². The van der Waals surface area contributed by atoms with Gasteiger partial charge in [-0.2, -0.15) is 0 Å². The average molecular weight is 387 g/mol. The van der Waals surface area contributed by atoms with Crippen LogP contribution in [-0.2, 0) is 11.4 Å². The Morgan fingerprint density at radius 1 is 1.19 bits per heavy atom. The number of carbonyl (C=O) groups is 1. The molecule has 4 nitrogen and oxygen atoms in total. The predicted octanol–water partition coefficient (Wildman–Crippen LogP) is 4.98. The standard InChI is InChI=1S/C22H27ClN2O2/c1-17-3-2-14-25(15-17)22(26)12-13-24-20-8-10-21(11-9-20)27-16-18-4-6-19(23)7-5-18/h4-11,17,24H,2-3,12-16H2,1H3. The van der Waals surface area contributed by atoms with E-state index in [4.69, 9.17) is 16.3 Å². The van der Waals surface area contributed by atoms with E-state index in [1.807, 2.05) is 53.4 Å². The molecule has 27 heavy (non-hydrogen) atoms. The Morgan fingerprint density at radius 3 is 2.63 bits per heavy atom. The van der Waals surface area contributed by atoms with Crippen LogP contribution in [0.2, 0.25) is 5.02 Å².